The highest BCUT2D eigenvalue weighted by molar-refractivity contribution is 5.71. The summed E-state index contributed by atoms with van der Waals surface area (Å²) in [6.45, 7) is 8.21. The van der Waals surface area contributed by atoms with Crippen LogP contribution in [0.15, 0.2) is 18.2 Å². The third kappa shape index (κ3) is 5.27. The van der Waals surface area contributed by atoms with E-state index in [4.69, 9.17) is 4.74 Å². The number of carbonyl (C=O) groups excluding carboxylic acids is 1. The molecule has 4 nitrogen and oxygen atoms in total. The highest BCUT2D eigenvalue weighted by atomic mass is 16.5. The van der Waals surface area contributed by atoms with Crippen LogP contribution in [0, 0.1) is 6.92 Å². The number of hydrogen-bond acceptors (Lipinski definition) is 4. The van der Waals surface area contributed by atoms with Crippen LogP contribution in [0.1, 0.15) is 31.7 Å². The Balaban J connectivity index is 2.59. The Hall–Kier alpha value is -1.42. The number of hydrogen-bond donors (Lipinski definition) is 0. The van der Waals surface area contributed by atoms with Crippen molar-refractivity contribution < 1.29 is 9.53 Å². The summed E-state index contributed by atoms with van der Waals surface area (Å²) >= 11 is 0. The molecule has 0 fully saturated rings. The molecule has 0 aromatic carbocycles. The molecule has 0 spiro atoms. The van der Waals surface area contributed by atoms with Crippen molar-refractivity contribution in [2.75, 3.05) is 19.7 Å². The minimum absolute atomic E-state index is 0.168. The third-order valence-corrected chi connectivity index (χ3v) is 2.53. The average Bonchev–Trinajstić information content (AvgIpc) is 2.29. The van der Waals surface area contributed by atoms with Crippen molar-refractivity contribution in [3.05, 3.63) is 29.6 Å². The molecule has 1 rings (SSSR count). The van der Waals surface area contributed by atoms with Gasteiger partial charge >= 0.3 is 5.97 Å². The van der Waals surface area contributed by atoms with E-state index in [9.17, 15) is 4.79 Å². The van der Waals surface area contributed by atoms with E-state index in [1.54, 1.807) is 0 Å². The van der Waals surface area contributed by atoms with Gasteiger partial charge in [0.2, 0.25) is 0 Å². The number of aryl methyl sites for hydroxylation is 1. The standard InChI is InChI=1S/C14H22N2O2/c1-4-9-16(11-14(17)18-5-2)10-13-8-6-7-12(3)15-13/h6-8H,4-5,9-11H2,1-3H3. The first kappa shape index (κ1) is 14.6. The first-order valence-corrected chi connectivity index (χ1v) is 6.46. The van der Waals surface area contributed by atoms with Crippen molar-refractivity contribution >= 4 is 5.97 Å². The number of aromatic nitrogens is 1. The minimum Gasteiger partial charge on any atom is -0.465 e. The van der Waals surface area contributed by atoms with Crippen LogP contribution in [-0.4, -0.2) is 35.5 Å². The summed E-state index contributed by atoms with van der Waals surface area (Å²) in [5, 5.41) is 0. The zero-order chi connectivity index (χ0) is 13.4. The number of nitrogens with zero attached hydrogens (tertiary/aromatic N) is 2. The van der Waals surface area contributed by atoms with Crippen molar-refractivity contribution in [3.8, 4) is 0 Å². The molecule has 0 radical (unpaired) electrons. The molecule has 1 aromatic heterocycles. The Morgan fingerprint density at radius 1 is 1.39 bits per heavy atom. The molecule has 0 aliphatic carbocycles. The Bertz CT molecular complexity index is 380. The van der Waals surface area contributed by atoms with Crippen molar-refractivity contribution in [2.24, 2.45) is 0 Å². The lowest BCUT2D eigenvalue weighted by Gasteiger charge is -2.20. The van der Waals surface area contributed by atoms with E-state index >= 15 is 0 Å². The van der Waals surface area contributed by atoms with E-state index in [2.05, 4.69) is 16.8 Å². The SMILES string of the molecule is CCCN(CC(=O)OCC)Cc1cccc(C)n1. The van der Waals surface area contributed by atoms with E-state index in [1.807, 2.05) is 32.0 Å². The zero-order valence-electron chi connectivity index (χ0n) is 11.5. The fraction of sp³-hybridized carbons (Fsp3) is 0.571. The Morgan fingerprint density at radius 2 is 2.17 bits per heavy atom. The van der Waals surface area contributed by atoms with Gasteiger partial charge in [0.05, 0.1) is 18.8 Å². The molecular formula is C14H22N2O2. The largest absolute Gasteiger partial charge is 0.465 e. The molecule has 1 aromatic rings. The zero-order valence-corrected chi connectivity index (χ0v) is 11.5. The van der Waals surface area contributed by atoms with Gasteiger partial charge < -0.3 is 4.74 Å². The van der Waals surface area contributed by atoms with Crippen LogP contribution in [0.2, 0.25) is 0 Å². The lowest BCUT2D eigenvalue weighted by Crippen LogP contribution is -2.31. The number of ether oxygens (including phenoxy) is 1. The van der Waals surface area contributed by atoms with Crippen LogP contribution in [0.4, 0.5) is 0 Å². The van der Waals surface area contributed by atoms with Crippen molar-refractivity contribution in [1.29, 1.82) is 0 Å². The number of carbonyl (C=O) groups is 1. The highest BCUT2D eigenvalue weighted by Crippen LogP contribution is 2.04. The fourth-order valence-corrected chi connectivity index (χ4v) is 1.84. The second-order valence-electron chi connectivity index (χ2n) is 4.29. The summed E-state index contributed by atoms with van der Waals surface area (Å²) in [7, 11) is 0. The van der Waals surface area contributed by atoms with E-state index < -0.39 is 0 Å². The maximum atomic E-state index is 11.5. The van der Waals surface area contributed by atoms with Crippen LogP contribution in [0.5, 0.6) is 0 Å². The van der Waals surface area contributed by atoms with Crippen LogP contribution < -0.4 is 0 Å². The minimum atomic E-state index is -0.168. The average molecular weight is 250 g/mol. The molecule has 0 N–H and O–H groups in total. The molecule has 4 heteroatoms. The fourth-order valence-electron chi connectivity index (χ4n) is 1.84. The molecule has 0 amide bonds. The van der Waals surface area contributed by atoms with Crippen LogP contribution in [0.3, 0.4) is 0 Å². The molecule has 0 saturated carbocycles. The highest BCUT2D eigenvalue weighted by Gasteiger charge is 2.11. The van der Waals surface area contributed by atoms with Gasteiger partial charge in [0, 0.05) is 12.2 Å². The molecule has 0 unspecified atom stereocenters. The molecule has 1 heterocycles. The second-order valence-corrected chi connectivity index (χ2v) is 4.29. The number of esters is 1. The number of rotatable bonds is 7. The Labute approximate surface area is 109 Å². The van der Waals surface area contributed by atoms with Gasteiger partial charge in [-0.2, -0.15) is 0 Å². The molecule has 18 heavy (non-hydrogen) atoms. The molecule has 0 atom stereocenters. The summed E-state index contributed by atoms with van der Waals surface area (Å²) in [5.41, 5.74) is 1.99. The topological polar surface area (TPSA) is 42.4 Å². The van der Waals surface area contributed by atoms with Crippen molar-refractivity contribution in [3.63, 3.8) is 0 Å². The Morgan fingerprint density at radius 3 is 2.78 bits per heavy atom. The quantitative estimate of drug-likeness (QED) is 0.696. The first-order valence-electron chi connectivity index (χ1n) is 6.46. The summed E-state index contributed by atoms with van der Waals surface area (Å²) < 4.78 is 4.98. The first-order chi connectivity index (χ1) is 8.65. The summed E-state index contributed by atoms with van der Waals surface area (Å²) in [6.07, 6.45) is 1.01. The third-order valence-electron chi connectivity index (χ3n) is 2.53. The lowest BCUT2D eigenvalue weighted by molar-refractivity contribution is -0.144. The molecule has 0 aliphatic rings. The van der Waals surface area contributed by atoms with E-state index in [1.165, 1.54) is 0 Å². The molecule has 0 aliphatic heterocycles. The van der Waals surface area contributed by atoms with Crippen molar-refractivity contribution in [1.82, 2.24) is 9.88 Å². The van der Waals surface area contributed by atoms with Gasteiger partial charge in [0.15, 0.2) is 0 Å². The van der Waals surface area contributed by atoms with Crippen LogP contribution >= 0.6 is 0 Å². The summed E-state index contributed by atoms with van der Waals surface area (Å²) in [5.74, 6) is -0.168. The van der Waals surface area contributed by atoms with Crippen LogP contribution in [0.25, 0.3) is 0 Å². The molecule has 100 valence electrons. The predicted octanol–water partition coefficient (Wildman–Crippen LogP) is 2.17. The van der Waals surface area contributed by atoms with E-state index in [0.29, 0.717) is 19.7 Å². The van der Waals surface area contributed by atoms with E-state index in [0.717, 1.165) is 24.4 Å². The Kier molecular flexibility index (Phi) is 6.36. The second kappa shape index (κ2) is 7.82. The van der Waals surface area contributed by atoms with Gasteiger partial charge in [-0.25, -0.2) is 0 Å². The van der Waals surface area contributed by atoms with Gasteiger partial charge in [-0.3, -0.25) is 14.7 Å². The molecule has 0 bridgehead atoms. The maximum absolute atomic E-state index is 11.5. The normalized spacial score (nSPS) is 10.7. The summed E-state index contributed by atoms with van der Waals surface area (Å²) in [4.78, 5) is 18.0. The van der Waals surface area contributed by atoms with E-state index in [-0.39, 0.29) is 5.97 Å². The smallest absolute Gasteiger partial charge is 0.320 e. The predicted molar refractivity (Wildman–Crippen MR) is 71.2 cm³/mol. The maximum Gasteiger partial charge on any atom is 0.320 e. The van der Waals surface area contributed by atoms with Crippen molar-refractivity contribution in [2.45, 2.75) is 33.7 Å². The van der Waals surface area contributed by atoms with Gasteiger partial charge in [-0.05, 0) is 38.9 Å². The molecular weight excluding hydrogens is 228 g/mol. The van der Waals surface area contributed by atoms with Gasteiger partial charge in [-0.15, -0.1) is 0 Å². The lowest BCUT2D eigenvalue weighted by atomic mass is 10.3. The monoisotopic (exact) mass is 250 g/mol. The molecule has 0 saturated heterocycles. The number of pyridine rings is 1. The van der Waals surface area contributed by atoms with Crippen LogP contribution in [-0.2, 0) is 16.1 Å². The van der Waals surface area contributed by atoms with Gasteiger partial charge in [0.25, 0.3) is 0 Å². The van der Waals surface area contributed by atoms with Gasteiger partial charge in [0.1, 0.15) is 0 Å². The summed E-state index contributed by atoms with van der Waals surface area (Å²) in [6, 6.07) is 5.95. The van der Waals surface area contributed by atoms with Gasteiger partial charge in [-0.1, -0.05) is 13.0 Å².